The first-order valence-corrected chi connectivity index (χ1v) is 7.35. The topological polar surface area (TPSA) is 49.2 Å². The summed E-state index contributed by atoms with van der Waals surface area (Å²) in [6.07, 6.45) is 2.02. The van der Waals surface area contributed by atoms with Gasteiger partial charge in [0.15, 0.2) is 0 Å². The van der Waals surface area contributed by atoms with Crippen LogP contribution >= 0.6 is 0 Å². The highest BCUT2D eigenvalue weighted by atomic mass is 15.4. The third kappa shape index (κ3) is 3.40. The molecule has 1 saturated heterocycles. The molecule has 0 bridgehead atoms. The fourth-order valence-corrected chi connectivity index (χ4v) is 2.51. The Morgan fingerprint density at radius 2 is 1.81 bits per heavy atom. The highest BCUT2D eigenvalue weighted by Crippen LogP contribution is 2.13. The second-order valence-corrected chi connectivity index (χ2v) is 5.53. The van der Waals surface area contributed by atoms with Gasteiger partial charge in [0.2, 0.25) is 0 Å². The lowest BCUT2D eigenvalue weighted by molar-refractivity contribution is 0.147. The van der Waals surface area contributed by atoms with E-state index in [0.717, 1.165) is 49.8 Å². The summed E-state index contributed by atoms with van der Waals surface area (Å²) >= 11 is 0. The van der Waals surface area contributed by atoms with E-state index in [2.05, 4.69) is 32.5 Å². The highest BCUT2D eigenvalue weighted by Gasteiger charge is 2.15. The van der Waals surface area contributed by atoms with Crippen LogP contribution in [0.5, 0.6) is 0 Å². The minimum atomic E-state index is 0.877. The minimum absolute atomic E-state index is 0.877. The van der Waals surface area contributed by atoms with Crippen LogP contribution in [0.2, 0.25) is 0 Å². The number of rotatable bonds is 4. The molecule has 1 aromatic carbocycles. The van der Waals surface area contributed by atoms with Crippen molar-refractivity contribution in [3.05, 3.63) is 36.2 Å². The van der Waals surface area contributed by atoms with E-state index in [1.54, 1.807) is 0 Å². The molecule has 112 valence electrons. The molecule has 1 aromatic heterocycles. The number of hydrogen-bond donors (Lipinski definition) is 1. The summed E-state index contributed by atoms with van der Waals surface area (Å²) in [4.78, 5) is 4.79. The molecule has 1 fully saturated rings. The van der Waals surface area contributed by atoms with Crippen LogP contribution in [0.4, 0.5) is 5.69 Å². The fourth-order valence-electron chi connectivity index (χ4n) is 2.51. The average molecular weight is 286 g/mol. The monoisotopic (exact) mass is 286 g/mol. The van der Waals surface area contributed by atoms with E-state index in [9.17, 15) is 0 Å². The van der Waals surface area contributed by atoms with Crippen molar-refractivity contribution >= 4 is 5.69 Å². The number of nitrogens with zero attached hydrogens (tertiary/aromatic N) is 5. The molecular formula is C15H22N6. The molecule has 0 aliphatic carbocycles. The first-order chi connectivity index (χ1) is 10.2. The maximum Gasteiger partial charge on any atom is 0.0971 e. The maximum atomic E-state index is 4.29. The number of piperazine rings is 1. The summed E-state index contributed by atoms with van der Waals surface area (Å²) in [7, 11) is 4.08. The molecule has 1 N–H and O–H groups in total. The minimum Gasteiger partial charge on any atom is -0.388 e. The van der Waals surface area contributed by atoms with Crippen molar-refractivity contribution in [2.75, 3.05) is 45.6 Å². The Kier molecular flexibility index (Phi) is 4.17. The predicted molar refractivity (Wildman–Crippen MR) is 83.7 cm³/mol. The van der Waals surface area contributed by atoms with Crippen molar-refractivity contribution < 1.29 is 0 Å². The Bertz CT molecular complexity index is 568. The summed E-state index contributed by atoms with van der Waals surface area (Å²) in [5.41, 5.74) is 3.15. The molecule has 0 amide bonds. The zero-order valence-corrected chi connectivity index (χ0v) is 12.7. The van der Waals surface area contributed by atoms with Gasteiger partial charge in [0.25, 0.3) is 0 Å². The number of hydrogen-bond acceptors (Lipinski definition) is 5. The van der Waals surface area contributed by atoms with Gasteiger partial charge in [0.1, 0.15) is 0 Å². The first kappa shape index (κ1) is 14.0. The molecule has 0 spiro atoms. The normalized spacial score (nSPS) is 17.0. The van der Waals surface area contributed by atoms with E-state index in [-0.39, 0.29) is 0 Å². The number of nitrogens with one attached hydrogen (secondary N) is 1. The lowest BCUT2D eigenvalue weighted by Gasteiger charge is -2.31. The molecule has 0 saturated carbocycles. The lowest BCUT2D eigenvalue weighted by Crippen LogP contribution is -2.43. The van der Waals surface area contributed by atoms with Gasteiger partial charge in [-0.2, -0.15) is 0 Å². The van der Waals surface area contributed by atoms with E-state index in [0.29, 0.717) is 0 Å². The molecule has 1 aliphatic heterocycles. The first-order valence-electron chi connectivity index (χ1n) is 7.35. The van der Waals surface area contributed by atoms with Crippen LogP contribution in [0.15, 0.2) is 30.5 Å². The summed E-state index contributed by atoms with van der Waals surface area (Å²) < 4.78 is 1.84. The van der Waals surface area contributed by atoms with Crippen LogP contribution in [0.3, 0.4) is 0 Å². The Morgan fingerprint density at radius 3 is 2.48 bits per heavy atom. The summed E-state index contributed by atoms with van der Waals surface area (Å²) in [6, 6.07) is 8.16. The van der Waals surface area contributed by atoms with Gasteiger partial charge >= 0.3 is 0 Å². The summed E-state index contributed by atoms with van der Waals surface area (Å²) in [5.74, 6) is 0. The van der Waals surface area contributed by atoms with Gasteiger partial charge in [-0.05, 0) is 31.3 Å². The van der Waals surface area contributed by atoms with Crippen LogP contribution in [-0.2, 0) is 6.54 Å². The van der Waals surface area contributed by atoms with Gasteiger partial charge in [0, 0.05) is 45.5 Å². The number of likely N-dealkylation sites (N-methyl/N-ethyl adjacent to an activating group) is 1. The SMILES string of the molecule is CNc1ccc(-n2cc(CN3CCN(C)CC3)nn2)cc1. The Labute approximate surface area is 125 Å². The molecular weight excluding hydrogens is 264 g/mol. The van der Waals surface area contributed by atoms with Crippen LogP contribution in [0.25, 0.3) is 5.69 Å². The summed E-state index contributed by atoms with van der Waals surface area (Å²) in [6.45, 7) is 5.32. The average Bonchev–Trinajstić information content (AvgIpc) is 2.98. The van der Waals surface area contributed by atoms with Crippen LogP contribution in [0.1, 0.15) is 5.69 Å². The van der Waals surface area contributed by atoms with Crippen molar-refractivity contribution in [2.45, 2.75) is 6.54 Å². The Morgan fingerprint density at radius 1 is 1.10 bits per heavy atom. The zero-order chi connectivity index (χ0) is 14.7. The fraction of sp³-hybridized carbons (Fsp3) is 0.467. The van der Waals surface area contributed by atoms with E-state index in [1.165, 1.54) is 0 Å². The van der Waals surface area contributed by atoms with E-state index in [1.807, 2.05) is 42.2 Å². The van der Waals surface area contributed by atoms with Crippen molar-refractivity contribution in [2.24, 2.45) is 0 Å². The molecule has 2 heterocycles. The zero-order valence-electron chi connectivity index (χ0n) is 12.7. The van der Waals surface area contributed by atoms with Crippen molar-refractivity contribution in [3.63, 3.8) is 0 Å². The van der Waals surface area contributed by atoms with E-state index >= 15 is 0 Å². The molecule has 0 atom stereocenters. The van der Waals surface area contributed by atoms with Crippen LogP contribution in [0, 0.1) is 0 Å². The van der Waals surface area contributed by atoms with E-state index in [4.69, 9.17) is 0 Å². The molecule has 2 aromatic rings. The molecule has 0 radical (unpaired) electrons. The van der Waals surface area contributed by atoms with Gasteiger partial charge < -0.3 is 10.2 Å². The standard InChI is InChI=1S/C15H22N6/c1-16-13-3-5-15(6-4-13)21-12-14(17-18-21)11-20-9-7-19(2)8-10-20/h3-6,12,16H,7-11H2,1-2H3. The molecule has 6 nitrogen and oxygen atoms in total. The van der Waals surface area contributed by atoms with Crippen molar-refractivity contribution in [3.8, 4) is 5.69 Å². The molecule has 0 unspecified atom stereocenters. The Balaban J connectivity index is 1.65. The molecule has 1 aliphatic rings. The third-order valence-corrected chi connectivity index (χ3v) is 3.94. The van der Waals surface area contributed by atoms with Gasteiger partial charge in [-0.3, -0.25) is 4.90 Å². The highest BCUT2D eigenvalue weighted by molar-refractivity contribution is 5.47. The quantitative estimate of drug-likeness (QED) is 0.910. The van der Waals surface area contributed by atoms with Crippen molar-refractivity contribution in [1.82, 2.24) is 24.8 Å². The van der Waals surface area contributed by atoms with Gasteiger partial charge in [-0.1, -0.05) is 5.21 Å². The number of anilines is 1. The largest absolute Gasteiger partial charge is 0.388 e. The van der Waals surface area contributed by atoms with Crippen LogP contribution in [-0.4, -0.2) is 65.1 Å². The van der Waals surface area contributed by atoms with Gasteiger partial charge in [-0.15, -0.1) is 5.10 Å². The Hall–Kier alpha value is -1.92. The summed E-state index contributed by atoms with van der Waals surface area (Å²) in [5, 5.41) is 11.6. The predicted octanol–water partition coefficient (Wildman–Crippen LogP) is 1.06. The molecule has 6 heteroatoms. The van der Waals surface area contributed by atoms with Crippen molar-refractivity contribution in [1.29, 1.82) is 0 Å². The third-order valence-electron chi connectivity index (χ3n) is 3.94. The number of aromatic nitrogens is 3. The van der Waals surface area contributed by atoms with E-state index < -0.39 is 0 Å². The molecule has 21 heavy (non-hydrogen) atoms. The van der Waals surface area contributed by atoms with Gasteiger partial charge in [0.05, 0.1) is 17.6 Å². The molecule has 3 rings (SSSR count). The van der Waals surface area contributed by atoms with Crippen LogP contribution < -0.4 is 5.32 Å². The second-order valence-electron chi connectivity index (χ2n) is 5.53. The van der Waals surface area contributed by atoms with Gasteiger partial charge in [-0.25, -0.2) is 4.68 Å². The second kappa shape index (κ2) is 6.24. The smallest absolute Gasteiger partial charge is 0.0971 e. The maximum absolute atomic E-state index is 4.29. The number of benzene rings is 1. The lowest BCUT2D eigenvalue weighted by atomic mass is 10.3.